The molecule has 2 N–H and O–H groups in total. The Labute approximate surface area is 86.3 Å². The van der Waals surface area contributed by atoms with Crippen LogP contribution in [0.2, 0.25) is 0 Å². The van der Waals surface area contributed by atoms with E-state index < -0.39 is 0 Å². The Bertz CT molecular complexity index is 465. The van der Waals surface area contributed by atoms with E-state index in [-0.39, 0.29) is 2.85 Å². The molecule has 0 fully saturated rings. The van der Waals surface area contributed by atoms with E-state index in [4.69, 9.17) is 0 Å². The third kappa shape index (κ3) is 1.15. The van der Waals surface area contributed by atoms with Gasteiger partial charge in [0.1, 0.15) is 0 Å². The number of aromatic amines is 1. The zero-order chi connectivity index (χ0) is 9.38. The van der Waals surface area contributed by atoms with E-state index >= 15 is 0 Å². The standard InChI is InChI=1S/C12H14N2.2H2/c1-2-5-11-9(4-1)10-8-13-7-3-6-12(10)14-11;;/h1-2,4-5,13-14H,3,6-8H2;2*1H. The number of benzene rings is 1. The number of nitrogens with one attached hydrogen (secondary N) is 2. The van der Waals surface area contributed by atoms with Crippen LogP contribution in [0.5, 0.6) is 0 Å². The molecule has 14 heavy (non-hydrogen) atoms. The minimum Gasteiger partial charge on any atom is -0.358 e. The number of rotatable bonds is 0. The molecule has 2 heterocycles. The maximum Gasteiger partial charge on any atom is 0.0459 e. The van der Waals surface area contributed by atoms with Gasteiger partial charge in [-0.2, -0.15) is 0 Å². The van der Waals surface area contributed by atoms with E-state index in [1.807, 2.05) is 0 Å². The first-order valence-corrected chi connectivity index (χ1v) is 5.24. The number of H-pyrrole nitrogens is 1. The predicted octanol–water partition coefficient (Wildman–Crippen LogP) is 2.70. The third-order valence-corrected chi connectivity index (χ3v) is 2.98. The maximum absolute atomic E-state index is 3.52. The van der Waals surface area contributed by atoms with Gasteiger partial charge in [-0.05, 0) is 31.0 Å². The monoisotopic (exact) mass is 190 g/mol. The van der Waals surface area contributed by atoms with Crippen LogP contribution in [0.3, 0.4) is 0 Å². The molecule has 0 bridgehead atoms. The van der Waals surface area contributed by atoms with Gasteiger partial charge in [-0.1, -0.05) is 18.2 Å². The molecule has 2 nitrogen and oxygen atoms in total. The molecule has 0 amide bonds. The van der Waals surface area contributed by atoms with E-state index in [0.29, 0.717) is 0 Å². The summed E-state index contributed by atoms with van der Waals surface area (Å²) in [5.74, 6) is 0. The Morgan fingerprint density at radius 1 is 1.21 bits per heavy atom. The van der Waals surface area contributed by atoms with Crippen molar-refractivity contribution in [2.75, 3.05) is 6.54 Å². The second kappa shape index (κ2) is 3.14. The fourth-order valence-corrected chi connectivity index (χ4v) is 2.27. The zero-order valence-corrected chi connectivity index (χ0v) is 8.14. The van der Waals surface area contributed by atoms with Gasteiger partial charge in [0.15, 0.2) is 0 Å². The highest BCUT2D eigenvalue weighted by Crippen LogP contribution is 2.24. The Hall–Kier alpha value is -1.28. The van der Waals surface area contributed by atoms with Crippen molar-refractivity contribution < 1.29 is 2.85 Å². The summed E-state index contributed by atoms with van der Waals surface area (Å²) in [7, 11) is 0. The fourth-order valence-electron chi connectivity index (χ4n) is 2.27. The van der Waals surface area contributed by atoms with E-state index in [2.05, 4.69) is 34.6 Å². The van der Waals surface area contributed by atoms with Crippen molar-refractivity contribution in [1.29, 1.82) is 0 Å². The number of para-hydroxylation sites is 1. The number of hydrogen-bond acceptors (Lipinski definition) is 1. The van der Waals surface area contributed by atoms with Gasteiger partial charge in [-0.25, -0.2) is 0 Å². The summed E-state index contributed by atoms with van der Waals surface area (Å²) in [6.45, 7) is 2.15. The molecule has 2 heteroatoms. The number of hydrogen-bond donors (Lipinski definition) is 2. The Kier molecular flexibility index (Phi) is 1.81. The van der Waals surface area contributed by atoms with Crippen molar-refractivity contribution in [3.63, 3.8) is 0 Å². The molecule has 0 atom stereocenters. The van der Waals surface area contributed by atoms with Gasteiger partial charge in [0.25, 0.3) is 0 Å². The normalized spacial score (nSPS) is 16.6. The lowest BCUT2D eigenvalue weighted by atomic mass is 10.1. The Balaban J connectivity index is 0.000000640. The topological polar surface area (TPSA) is 27.8 Å². The van der Waals surface area contributed by atoms with Crippen LogP contribution in [-0.2, 0) is 13.0 Å². The van der Waals surface area contributed by atoms with E-state index in [9.17, 15) is 0 Å². The summed E-state index contributed by atoms with van der Waals surface area (Å²) in [6.07, 6.45) is 2.41. The Morgan fingerprint density at radius 2 is 2.14 bits per heavy atom. The van der Waals surface area contributed by atoms with Crippen LogP contribution in [0.25, 0.3) is 10.9 Å². The van der Waals surface area contributed by atoms with Crippen LogP contribution >= 0.6 is 0 Å². The first kappa shape index (κ1) is 8.06. The zero-order valence-electron chi connectivity index (χ0n) is 8.14. The molecular formula is C12H18N2. The molecule has 0 aliphatic carbocycles. The van der Waals surface area contributed by atoms with Gasteiger partial charge >= 0.3 is 0 Å². The molecule has 0 unspecified atom stereocenters. The van der Waals surface area contributed by atoms with Crippen LogP contribution in [0.4, 0.5) is 0 Å². The maximum atomic E-state index is 3.52. The number of aryl methyl sites for hydroxylation is 1. The SMILES string of the molecule is [HH].[HH].c1ccc2c3c([nH]c2c1)CCCNC3. The average molecular weight is 190 g/mol. The fraction of sp³-hybridized carbons (Fsp3) is 0.333. The lowest BCUT2D eigenvalue weighted by molar-refractivity contribution is 0.680. The molecule has 1 aliphatic rings. The van der Waals surface area contributed by atoms with Crippen molar-refractivity contribution >= 4 is 10.9 Å². The summed E-state index contributed by atoms with van der Waals surface area (Å²) in [4.78, 5) is 3.52. The van der Waals surface area contributed by atoms with Gasteiger partial charge in [-0.15, -0.1) is 0 Å². The van der Waals surface area contributed by atoms with Crippen molar-refractivity contribution in [1.82, 2.24) is 10.3 Å². The molecule has 0 saturated carbocycles. The molecule has 1 aromatic carbocycles. The summed E-state index contributed by atoms with van der Waals surface area (Å²) < 4.78 is 0. The molecular weight excluding hydrogens is 172 g/mol. The van der Waals surface area contributed by atoms with E-state index in [1.54, 1.807) is 0 Å². The second-order valence-corrected chi connectivity index (χ2v) is 3.91. The van der Waals surface area contributed by atoms with Gasteiger partial charge in [0, 0.05) is 26.0 Å². The molecule has 0 spiro atoms. The van der Waals surface area contributed by atoms with Crippen LogP contribution < -0.4 is 5.32 Å². The molecule has 76 valence electrons. The van der Waals surface area contributed by atoms with E-state index in [1.165, 1.54) is 35.0 Å². The number of fused-ring (bicyclic) bond motifs is 3. The lowest BCUT2D eigenvalue weighted by Crippen LogP contribution is -2.11. The van der Waals surface area contributed by atoms with Crippen LogP contribution in [0.1, 0.15) is 20.5 Å². The van der Waals surface area contributed by atoms with Gasteiger partial charge in [0.05, 0.1) is 0 Å². The Morgan fingerprint density at radius 3 is 3.14 bits per heavy atom. The van der Waals surface area contributed by atoms with Crippen LogP contribution in [-0.4, -0.2) is 11.5 Å². The molecule has 0 saturated heterocycles. The highest BCUT2D eigenvalue weighted by Gasteiger charge is 2.12. The quantitative estimate of drug-likeness (QED) is 0.656. The van der Waals surface area contributed by atoms with Gasteiger partial charge < -0.3 is 10.3 Å². The predicted molar refractivity (Wildman–Crippen MR) is 62.6 cm³/mol. The minimum absolute atomic E-state index is 0. The first-order chi connectivity index (χ1) is 6.95. The highest BCUT2D eigenvalue weighted by molar-refractivity contribution is 5.84. The average Bonchev–Trinajstić information content (AvgIpc) is 2.42. The number of aromatic nitrogens is 1. The van der Waals surface area contributed by atoms with Gasteiger partial charge in [-0.3, -0.25) is 0 Å². The largest absolute Gasteiger partial charge is 0.358 e. The molecule has 3 rings (SSSR count). The van der Waals surface area contributed by atoms with Crippen molar-refractivity contribution in [2.45, 2.75) is 19.4 Å². The summed E-state index contributed by atoms with van der Waals surface area (Å²) in [6, 6.07) is 8.56. The van der Waals surface area contributed by atoms with Crippen LogP contribution in [0.15, 0.2) is 24.3 Å². The summed E-state index contributed by atoms with van der Waals surface area (Å²) in [5.41, 5.74) is 4.18. The first-order valence-electron chi connectivity index (χ1n) is 5.24. The van der Waals surface area contributed by atoms with Crippen molar-refractivity contribution in [3.8, 4) is 0 Å². The third-order valence-electron chi connectivity index (χ3n) is 2.98. The van der Waals surface area contributed by atoms with E-state index in [0.717, 1.165) is 13.1 Å². The lowest BCUT2D eigenvalue weighted by Gasteiger charge is -1.98. The highest BCUT2D eigenvalue weighted by atomic mass is 14.9. The summed E-state index contributed by atoms with van der Waals surface area (Å²) >= 11 is 0. The van der Waals surface area contributed by atoms with Crippen molar-refractivity contribution in [2.24, 2.45) is 0 Å². The molecule has 1 aliphatic heterocycles. The summed E-state index contributed by atoms with van der Waals surface area (Å²) in [5, 5.41) is 4.85. The molecule has 2 aromatic rings. The molecule has 0 radical (unpaired) electrons. The van der Waals surface area contributed by atoms with Crippen molar-refractivity contribution in [3.05, 3.63) is 35.5 Å². The molecule has 1 aromatic heterocycles. The van der Waals surface area contributed by atoms with Gasteiger partial charge in [0.2, 0.25) is 0 Å². The smallest absolute Gasteiger partial charge is 0.0459 e. The van der Waals surface area contributed by atoms with Crippen LogP contribution in [0, 0.1) is 0 Å². The second-order valence-electron chi connectivity index (χ2n) is 3.91. The minimum atomic E-state index is 0.